The highest BCUT2D eigenvalue weighted by Gasteiger charge is 2.34. The summed E-state index contributed by atoms with van der Waals surface area (Å²) >= 11 is 1.27. The number of thioether (sulfide) groups is 1. The number of cyclic esters (lactones) is 1. The monoisotopic (exact) mass is 225 g/mol. The largest absolute Gasteiger partial charge is 0.618 e. The van der Waals surface area contributed by atoms with Crippen molar-refractivity contribution >= 4 is 17.7 Å². The van der Waals surface area contributed by atoms with Gasteiger partial charge in [-0.25, -0.2) is 0 Å². The predicted octanol–water partition coefficient (Wildman–Crippen LogP) is 1.12. The zero-order valence-corrected chi connectivity index (χ0v) is 9.07. The normalized spacial score (nSPS) is 25.3. The number of esters is 1. The van der Waals surface area contributed by atoms with Gasteiger partial charge in [0.2, 0.25) is 0 Å². The van der Waals surface area contributed by atoms with Crippen molar-refractivity contribution in [1.29, 1.82) is 0 Å². The first-order valence-corrected chi connectivity index (χ1v) is 5.60. The van der Waals surface area contributed by atoms with Gasteiger partial charge >= 0.3 is 5.97 Å². The van der Waals surface area contributed by atoms with E-state index in [1.165, 1.54) is 18.0 Å². The maximum atomic E-state index is 11.3. The molecule has 0 aromatic carbocycles. The first-order chi connectivity index (χ1) is 7.16. The van der Waals surface area contributed by atoms with Crippen molar-refractivity contribution in [1.82, 2.24) is 0 Å². The molecule has 1 aromatic rings. The second-order valence-electron chi connectivity index (χ2n) is 3.45. The molecule has 5 heteroatoms. The Morgan fingerprint density at radius 1 is 1.60 bits per heavy atom. The molecule has 4 nitrogen and oxygen atoms in total. The fraction of sp³-hybridized carbons (Fsp3) is 0.400. The lowest BCUT2D eigenvalue weighted by molar-refractivity contribution is -0.645. The lowest BCUT2D eigenvalue weighted by Gasteiger charge is -2.05. The Morgan fingerprint density at radius 3 is 3.00 bits per heavy atom. The maximum absolute atomic E-state index is 11.3. The molecule has 0 radical (unpaired) electrons. The standard InChI is InChI=1S/C10H11NO3S/c1-7-6-8(10(12)14-7)15-9-4-2-3-5-11(9)13/h2-5,7-8H,6H2,1H3. The average molecular weight is 225 g/mol. The van der Waals surface area contributed by atoms with Gasteiger partial charge in [-0.1, -0.05) is 0 Å². The zero-order valence-electron chi connectivity index (χ0n) is 8.25. The van der Waals surface area contributed by atoms with E-state index in [0.717, 1.165) is 4.73 Å². The third-order valence-electron chi connectivity index (χ3n) is 2.18. The molecule has 0 aliphatic carbocycles. The summed E-state index contributed by atoms with van der Waals surface area (Å²) in [5.41, 5.74) is 0. The average Bonchev–Trinajstić information content (AvgIpc) is 2.49. The van der Waals surface area contributed by atoms with Crippen LogP contribution in [-0.4, -0.2) is 17.3 Å². The number of pyridine rings is 1. The van der Waals surface area contributed by atoms with Crippen molar-refractivity contribution in [3.05, 3.63) is 29.6 Å². The molecule has 0 spiro atoms. The molecule has 2 rings (SSSR count). The van der Waals surface area contributed by atoms with Crippen molar-refractivity contribution in [2.24, 2.45) is 0 Å². The Morgan fingerprint density at radius 2 is 2.40 bits per heavy atom. The molecule has 0 N–H and O–H groups in total. The summed E-state index contributed by atoms with van der Waals surface area (Å²) in [6.07, 6.45) is 2.04. The van der Waals surface area contributed by atoms with Crippen LogP contribution in [-0.2, 0) is 9.53 Å². The Labute approximate surface area is 91.8 Å². The van der Waals surface area contributed by atoms with Gasteiger partial charge in [0.25, 0.3) is 5.03 Å². The summed E-state index contributed by atoms with van der Waals surface area (Å²) in [7, 11) is 0. The van der Waals surface area contributed by atoms with Crippen LogP contribution in [0.4, 0.5) is 0 Å². The van der Waals surface area contributed by atoms with E-state index in [4.69, 9.17) is 4.74 Å². The SMILES string of the molecule is CC1CC(Sc2cccc[n+]2[O-])C(=O)O1. The van der Waals surface area contributed by atoms with Gasteiger partial charge < -0.3 is 9.94 Å². The van der Waals surface area contributed by atoms with Crippen molar-refractivity contribution < 1.29 is 14.3 Å². The lowest BCUT2D eigenvalue weighted by Crippen LogP contribution is -2.29. The third kappa shape index (κ3) is 2.23. The molecule has 15 heavy (non-hydrogen) atoms. The first kappa shape index (κ1) is 10.3. The Balaban J connectivity index is 2.09. The lowest BCUT2D eigenvalue weighted by atomic mass is 10.3. The summed E-state index contributed by atoms with van der Waals surface area (Å²) in [5.74, 6) is -0.226. The number of hydrogen-bond acceptors (Lipinski definition) is 4. The van der Waals surface area contributed by atoms with E-state index in [1.54, 1.807) is 18.2 Å². The van der Waals surface area contributed by atoms with Gasteiger partial charge in [-0.2, -0.15) is 4.73 Å². The Hall–Kier alpha value is -1.23. The number of carbonyl (C=O) groups is 1. The third-order valence-corrected chi connectivity index (χ3v) is 3.40. The highest BCUT2D eigenvalue weighted by Crippen LogP contribution is 2.29. The van der Waals surface area contributed by atoms with Crippen LogP contribution in [0.3, 0.4) is 0 Å². The minimum Gasteiger partial charge on any atom is -0.618 e. The van der Waals surface area contributed by atoms with Crippen molar-refractivity contribution in [2.45, 2.75) is 29.7 Å². The molecule has 0 bridgehead atoms. The number of carbonyl (C=O) groups excluding carboxylic acids is 1. The quantitative estimate of drug-likeness (QED) is 0.430. The van der Waals surface area contributed by atoms with Crippen LogP contribution in [0.25, 0.3) is 0 Å². The minimum absolute atomic E-state index is 0.0428. The van der Waals surface area contributed by atoms with Gasteiger partial charge in [0.15, 0.2) is 6.20 Å². The van der Waals surface area contributed by atoms with Gasteiger partial charge in [-0.05, 0) is 24.8 Å². The molecule has 1 aliphatic rings. The summed E-state index contributed by atoms with van der Waals surface area (Å²) in [6, 6.07) is 5.14. The molecule has 2 unspecified atom stereocenters. The molecule has 1 fully saturated rings. The zero-order chi connectivity index (χ0) is 10.8. The predicted molar refractivity (Wildman–Crippen MR) is 55.2 cm³/mol. The van der Waals surface area contributed by atoms with Gasteiger partial charge in [-0.3, -0.25) is 4.79 Å². The van der Waals surface area contributed by atoms with E-state index in [1.807, 2.05) is 6.92 Å². The molecule has 0 amide bonds. The molecule has 1 saturated heterocycles. The number of hydrogen-bond donors (Lipinski definition) is 0. The van der Waals surface area contributed by atoms with Crippen molar-refractivity contribution in [3.63, 3.8) is 0 Å². The molecule has 1 aliphatic heterocycles. The highest BCUT2D eigenvalue weighted by atomic mass is 32.2. The molecule has 2 atom stereocenters. The van der Waals surface area contributed by atoms with E-state index in [2.05, 4.69) is 0 Å². The molecular weight excluding hydrogens is 214 g/mol. The molecule has 1 aromatic heterocycles. The molecule has 0 saturated carbocycles. The second-order valence-corrected chi connectivity index (χ2v) is 4.68. The fourth-order valence-corrected chi connectivity index (χ4v) is 2.60. The fourth-order valence-electron chi connectivity index (χ4n) is 1.47. The smallest absolute Gasteiger partial charge is 0.320 e. The first-order valence-electron chi connectivity index (χ1n) is 4.72. The van der Waals surface area contributed by atoms with Gasteiger partial charge in [0.1, 0.15) is 11.4 Å². The van der Waals surface area contributed by atoms with Gasteiger partial charge in [0, 0.05) is 18.6 Å². The van der Waals surface area contributed by atoms with Crippen LogP contribution in [0, 0.1) is 5.21 Å². The number of ether oxygens (including phenoxy) is 1. The topological polar surface area (TPSA) is 53.2 Å². The number of rotatable bonds is 2. The Bertz CT molecular complexity index is 383. The molecule has 2 heterocycles. The summed E-state index contributed by atoms with van der Waals surface area (Å²) in [4.78, 5) is 11.3. The van der Waals surface area contributed by atoms with Crippen LogP contribution < -0.4 is 4.73 Å². The minimum atomic E-state index is -0.248. The van der Waals surface area contributed by atoms with E-state index >= 15 is 0 Å². The number of nitrogens with zero attached hydrogens (tertiary/aromatic N) is 1. The van der Waals surface area contributed by atoms with Gasteiger partial charge in [-0.15, -0.1) is 0 Å². The van der Waals surface area contributed by atoms with E-state index in [9.17, 15) is 10.0 Å². The molecular formula is C10H11NO3S. The highest BCUT2D eigenvalue weighted by molar-refractivity contribution is 8.00. The summed E-state index contributed by atoms with van der Waals surface area (Å²) < 4.78 is 5.78. The maximum Gasteiger partial charge on any atom is 0.320 e. The van der Waals surface area contributed by atoms with Gasteiger partial charge in [0.05, 0.1) is 0 Å². The van der Waals surface area contributed by atoms with E-state index < -0.39 is 0 Å². The molecule has 80 valence electrons. The Kier molecular flexibility index (Phi) is 2.81. The van der Waals surface area contributed by atoms with Crippen LogP contribution in [0.5, 0.6) is 0 Å². The number of aromatic nitrogens is 1. The van der Waals surface area contributed by atoms with Crippen LogP contribution >= 0.6 is 11.8 Å². The van der Waals surface area contributed by atoms with Crippen molar-refractivity contribution in [3.8, 4) is 0 Å². The van der Waals surface area contributed by atoms with Crippen LogP contribution in [0.15, 0.2) is 29.4 Å². The summed E-state index contributed by atoms with van der Waals surface area (Å²) in [6.45, 7) is 1.86. The van der Waals surface area contributed by atoms with Crippen LogP contribution in [0.2, 0.25) is 0 Å². The second kappa shape index (κ2) is 4.10. The van der Waals surface area contributed by atoms with E-state index in [-0.39, 0.29) is 17.3 Å². The van der Waals surface area contributed by atoms with Crippen molar-refractivity contribution in [2.75, 3.05) is 0 Å². The van der Waals surface area contributed by atoms with Crippen LogP contribution in [0.1, 0.15) is 13.3 Å². The summed E-state index contributed by atoms with van der Waals surface area (Å²) in [5, 5.41) is 11.6. The van der Waals surface area contributed by atoms with E-state index in [0.29, 0.717) is 11.4 Å².